The molecule has 1 saturated heterocycles. The Labute approximate surface area is 199 Å². The van der Waals surface area contributed by atoms with E-state index in [9.17, 15) is 4.79 Å². The lowest BCUT2D eigenvalue weighted by Crippen LogP contribution is -2.48. The maximum atomic E-state index is 13.2. The number of hydrogen-bond acceptors (Lipinski definition) is 7. The van der Waals surface area contributed by atoms with Crippen LogP contribution in [-0.4, -0.2) is 66.2 Å². The van der Waals surface area contributed by atoms with Crippen LogP contribution in [0.1, 0.15) is 34.3 Å². The van der Waals surface area contributed by atoms with E-state index in [-0.39, 0.29) is 5.91 Å². The number of methoxy groups -OCH3 is 2. The highest BCUT2D eigenvalue weighted by molar-refractivity contribution is 5.96. The van der Waals surface area contributed by atoms with Gasteiger partial charge in [0.1, 0.15) is 0 Å². The normalized spacial score (nSPS) is 14.5. The molecule has 8 nitrogen and oxygen atoms in total. The quantitative estimate of drug-likeness (QED) is 0.524. The molecule has 1 aliphatic rings. The van der Waals surface area contributed by atoms with E-state index in [2.05, 4.69) is 15.0 Å². The number of piperazine rings is 1. The van der Waals surface area contributed by atoms with Crippen molar-refractivity contribution in [3.63, 3.8) is 0 Å². The molecule has 0 atom stereocenters. The third kappa shape index (κ3) is 5.12. The van der Waals surface area contributed by atoms with Crippen LogP contribution >= 0.6 is 0 Å². The Bertz CT molecular complexity index is 1160. The molecule has 178 valence electrons. The number of amides is 1. The summed E-state index contributed by atoms with van der Waals surface area (Å²) in [7, 11) is 3.17. The average molecular weight is 463 g/mol. The van der Waals surface area contributed by atoms with Crippen LogP contribution in [0.15, 0.2) is 47.0 Å². The molecule has 2 aromatic carbocycles. The Hall–Kier alpha value is -3.65. The molecule has 0 bridgehead atoms. The minimum Gasteiger partial charge on any atom is -0.493 e. The minimum atomic E-state index is -0.0224. The van der Waals surface area contributed by atoms with Gasteiger partial charge in [-0.2, -0.15) is 4.98 Å². The Morgan fingerprint density at radius 1 is 1.09 bits per heavy atom. The minimum absolute atomic E-state index is 0.0224. The molecular weight excluding hydrogens is 432 g/mol. The summed E-state index contributed by atoms with van der Waals surface area (Å²) in [6.45, 7) is 7.21. The smallest absolute Gasteiger partial charge is 0.254 e. The largest absolute Gasteiger partial charge is 0.493 e. The molecule has 0 radical (unpaired) electrons. The fourth-order valence-electron chi connectivity index (χ4n) is 4.04. The van der Waals surface area contributed by atoms with Gasteiger partial charge in [-0.3, -0.25) is 9.69 Å². The fourth-order valence-corrected chi connectivity index (χ4v) is 4.04. The first-order valence-electron chi connectivity index (χ1n) is 11.3. The maximum absolute atomic E-state index is 13.2. The van der Waals surface area contributed by atoms with Gasteiger partial charge in [0.15, 0.2) is 11.5 Å². The predicted molar refractivity (Wildman–Crippen MR) is 130 cm³/mol. The second-order valence-electron chi connectivity index (χ2n) is 8.25. The van der Waals surface area contributed by atoms with E-state index in [1.54, 1.807) is 20.3 Å². The molecule has 0 unspecified atom stereocenters. The predicted octanol–water partition coefficient (Wildman–Crippen LogP) is 4.05. The number of nitrogens with zero attached hydrogens (tertiary/aromatic N) is 4. The SMILES string of the molecule is C/C=C/c1cc(C(=O)N2CCN(Cc3nc(-c4ccc(C)cc4)no3)CC2)cc(OC)c1OC. The monoisotopic (exact) mass is 462 g/mol. The highest BCUT2D eigenvalue weighted by Gasteiger charge is 2.25. The second-order valence-corrected chi connectivity index (χ2v) is 8.25. The number of carbonyl (C=O) groups is 1. The van der Waals surface area contributed by atoms with Gasteiger partial charge < -0.3 is 18.9 Å². The van der Waals surface area contributed by atoms with Gasteiger partial charge in [0.25, 0.3) is 5.91 Å². The zero-order valence-electron chi connectivity index (χ0n) is 20.1. The number of aromatic nitrogens is 2. The van der Waals surface area contributed by atoms with E-state index in [1.165, 1.54) is 5.56 Å². The van der Waals surface area contributed by atoms with E-state index in [4.69, 9.17) is 14.0 Å². The van der Waals surface area contributed by atoms with Gasteiger partial charge in [0.05, 0.1) is 20.8 Å². The molecule has 1 fully saturated rings. The highest BCUT2D eigenvalue weighted by atomic mass is 16.5. The zero-order chi connectivity index (χ0) is 24.1. The van der Waals surface area contributed by atoms with E-state index in [0.717, 1.165) is 24.2 Å². The standard InChI is InChI=1S/C26H30N4O4/c1-5-6-20-15-21(16-22(32-3)24(20)33-4)26(31)30-13-11-29(12-14-30)17-23-27-25(28-34-23)19-9-7-18(2)8-10-19/h5-10,15-16H,11-14,17H2,1-4H3/b6-5+. The average Bonchev–Trinajstić information content (AvgIpc) is 3.32. The third-order valence-corrected chi connectivity index (χ3v) is 5.90. The molecule has 0 saturated carbocycles. The van der Waals surface area contributed by atoms with Crippen LogP contribution < -0.4 is 9.47 Å². The molecule has 8 heteroatoms. The van der Waals surface area contributed by atoms with Gasteiger partial charge in [-0.15, -0.1) is 0 Å². The molecule has 1 aliphatic heterocycles. The summed E-state index contributed by atoms with van der Waals surface area (Å²) in [4.78, 5) is 21.8. The number of aryl methyl sites for hydroxylation is 1. The summed E-state index contributed by atoms with van der Waals surface area (Å²) in [6.07, 6.45) is 3.82. The number of ether oxygens (including phenoxy) is 2. The summed E-state index contributed by atoms with van der Waals surface area (Å²) in [5.74, 6) is 2.30. The highest BCUT2D eigenvalue weighted by Crippen LogP contribution is 2.34. The molecule has 0 spiro atoms. The van der Waals surface area contributed by atoms with Crippen molar-refractivity contribution in [2.75, 3.05) is 40.4 Å². The van der Waals surface area contributed by atoms with Crippen LogP contribution in [0.4, 0.5) is 0 Å². The van der Waals surface area contributed by atoms with Crippen LogP contribution in [-0.2, 0) is 6.54 Å². The summed E-state index contributed by atoms with van der Waals surface area (Å²) in [5.41, 5.74) is 3.51. The molecule has 0 N–H and O–H groups in total. The number of allylic oxidation sites excluding steroid dienone is 1. The van der Waals surface area contributed by atoms with E-state index in [1.807, 2.05) is 61.2 Å². The summed E-state index contributed by atoms with van der Waals surface area (Å²) in [6, 6.07) is 11.6. The van der Waals surface area contributed by atoms with Crippen molar-refractivity contribution in [3.8, 4) is 22.9 Å². The van der Waals surface area contributed by atoms with E-state index in [0.29, 0.717) is 48.4 Å². The van der Waals surface area contributed by atoms with Crippen molar-refractivity contribution >= 4 is 12.0 Å². The van der Waals surface area contributed by atoms with Crippen LogP contribution in [0, 0.1) is 6.92 Å². The first kappa shape index (κ1) is 23.5. The molecule has 1 aromatic heterocycles. The first-order valence-corrected chi connectivity index (χ1v) is 11.3. The Kier molecular flexibility index (Phi) is 7.27. The molecule has 2 heterocycles. The molecule has 34 heavy (non-hydrogen) atoms. The van der Waals surface area contributed by atoms with Crippen LogP contribution in [0.25, 0.3) is 17.5 Å². The van der Waals surface area contributed by atoms with Crippen molar-refractivity contribution in [1.82, 2.24) is 19.9 Å². The van der Waals surface area contributed by atoms with Crippen LogP contribution in [0.5, 0.6) is 11.5 Å². The molecule has 1 amide bonds. The molecule has 3 aromatic rings. The van der Waals surface area contributed by atoms with Crippen LogP contribution in [0.2, 0.25) is 0 Å². The van der Waals surface area contributed by atoms with Gasteiger partial charge in [-0.05, 0) is 26.0 Å². The maximum Gasteiger partial charge on any atom is 0.254 e. The summed E-state index contributed by atoms with van der Waals surface area (Å²) >= 11 is 0. The van der Waals surface area contributed by atoms with Crippen molar-refractivity contribution in [1.29, 1.82) is 0 Å². The molecular formula is C26H30N4O4. The summed E-state index contributed by atoms with van der Waals surface area (Å²) in [5, 5.41) is 4.11. The lowest BCUT2D eigenvalue weighted by Gasteiger charge is -2.34. The Balaban J connectivity index is 1.39. The third-order valence-electron chi connectivity index (χ3n) is 5.90. The number of rotatable bonds is 7. The van der Waals surface area contributed by atoms with Gasteiger partial charge in [-0.25, -0.2) is 0 Å². The zero-order valence-corrected chi connectivity index (χ0v) is 20.1. The van der Waals surface area contributed by atoms with Crippen LogP contribution in [0.3, 0.4) is 0 Å². The lowest BCUT2D eigenvalue weighted by atomic mass is 10.1. The van der Waals surface area contributed by atoms with Crippen molar-refractivity contribution in [3.05, 3.63) is 65.1 Å². The lowest BCUT2D eigenvalue weighted by molar-refractivity contribution is 0.0614. The molecule has 0 aliphatic carbocycles. The molecule has 4 rings (SSSR count). The van der Waals surface area contributed by atoms with Gasteiger partial charge in [0.2, 0.25) is 11.7 Å². The fraction of sp³-hybridized carbons (Fsp3) is 0.346. The second kappa shape index (κ2) is 10.5. The Morgan fingerprint density at radius 2 is 1.82 bits per heavy atom. The Morgan fingerprint density at radius 3 is 2.47 bits per heavy atom. The number of benzene rings is 2. The van der Waals surface area contributed by atoms with Crippen molar-refractivity contribution in [2.45, 2.75) is 20.4 Å². The first-order chi connectivity index (χ1) is 16.5. The van der Waals surface area contributed by atoms with Gasteiger partial charge >= 0.3 is 0 Å². The van der Waals surface area contributed by atoms with Crippen molar-refractivity contribution < 1.29 is 18.8 Å². The topological polar surface area (TPSA) is 80.9 Å². The van der Waals surface area contributed by atoms with Gasteiger partial charge in [0, 0.05) is 42.9 Å². The van der Waals surface area contributed by atoms with E-state index < -0.39 is 0 Å². The van der Waals surface area contributed by atoms with E-state index >= 15 is 0 Å². The van der Waals surface area contributed by atoms with Crippen molar-refractivity contribution in [2.24, 2.45) is 0 Å². The number of carbonyl (C=O) groups excluding carboxylic acids is 1. The summed E-state index contributed by atoms with van der Waals surface area (Å²) < 4.78 is 16.4. The number of hydrogen-bond donors (Lipinski definition) is 0. The van der Waals surface area contributed by atoms with Gasteiger partial charge in [-0.1, -0.05) is 47.1 Å².